The highest BCUT2D eigenvalue weighted by Gasteiger charge is 2.27. The van der Waals surface area contributed by atoms with Crippen molar-refractivity contribution in [3.63, 3.8) is 0 Å². The Labute approximate surface area is 118 Å². The van der Waals surface area contributed by atoms with Crippen LogP contribution in [0.25, 0.3) is 0 Å². The van der Waals surface area contributed by atoms with Crippen LogP contribution in [-0.2, 0) is 0 Å². The van der Waals surface area contributed by atoms with E-state index in [1.165, 1.54) is 24.2 Å². The number of nitrogen functional groups attached to an aromatic ring is 1. The number of amides is 1. The van der Waals surface area contributed by atoms with Crippen LogP contribution in [0, 0.1) is 0 Å². The van der Waals surface area contributed by atoms with Gasteiger partial charge in [0.1, 0.15) is 10.7 Å². The van der Waals surface area contributed by atoms with Crippen LogP contribution in [0.2, 0.25) is 0 Å². The first-order valence-electron chi connectivity index (χ1n) is 6.79. The Kier molecular flexibility index (Phi) is 4.29. The summed E-state index contributed by atoms with van der Waals surface area (Å²) in [5.74, 6) is 0.368. The highest BCUT2D eigenvalue weighted by atomic mass is 32.1. The first-order valence-corrected chi connectivity index (χ1v) is 7.60. The normalized spacial score (nSPS) is 15.7. The van der Waals surface area contributed by atoms with Crippen molar-refractivity contribution >= 4 is 28.2 Å². The molecular formula is C13H22N4OS. The van der Waals surface area contributed by atoms with Crippen LogP contribution in [0.5, 0.6) is 0 Å². The monoisotopic (exact) mass is 282 g/mol. The molecule has 1 aliphatic rings. The third kappa shape index (κ3) is 2.83. The molecule has 2 N–H and O–H groups in total. The maximum Gasteiger partial charge on any atom is 0.267 e. The van der Waals surface area contributed by atoms with Crippen LogP contribution in [0.1, 0.15) is 42.3 Å². The molecule has 0 unspecified atom stereocenters. The maximum absolute atomic E-state index is 12.5. The minimum Gasteiger partial charge on any atom is -0.382 e. The molecule has 1 aromatic rings. The number of rotatable bonds is 4. The van der Waals surface area contributed by atoms with Crippen molar-refractivity contribution < 1.29 is 4.79 Å². The van der Waals surface area contributed by atoms with Crippen molar-refractivity contribution in [2.75, 3.05) is 31.3 Å². The Morgan fingerprint density at radius 2 is 2.05 bits per heavy atom. The number of hydrogen-bond donors (Lipinski definition) is 1. The molecule has 0 aliphatic heterocycles. The fourth-order valence-electron chi connectivity index (χ4n) is 2.39. The summed E-state index contributed by atoms with van der Waals surface area (Å²) in [5, 5.41) is 0.808. The van der Waals surface area contributed by atoms with Crippen molar-refractivity contribution in [3.8, 4) is 0 Å². The van der Waals surface area contributed by atoms with Crippen molar-refractivity contribution in [2.24, 2.45) is 0 Å². The van der Waals surface area contributed by atoms with Crippen LogP contribution >= 0.6 is 11.3 Å². The predicted octanol–water partition coefficient (Wildman–Crippen LogP) is 2.20. The van der Waals surface area contributed by atoms with Crippen LogP contribution in [0.4, 0.5) is 10.9 Å². The lowest BCUT2D eigenvalue weighted by molar-refractivity contribution is 0.0741. The zero-order chi connectivity index (χ0) is 14.0. The Morgan fingerprint density at radius 1 is 1.42 bits per heavy atom. The first-order chi connectivity index (χ1) is 9.04. The van der Waals surface area contributed by atoms with Gasteiger partial charge in [0.2, 0.25) is 0 Å². The van der Waals surface area contributed by atoms with E-state index in [1.54, 1.807) is 0 Å². The zero-order valence-corrected chi connectivity index (χ0v) is 12.7. The van der Waals surface area contributed by atoms with Crippen molar-refractivity contribution in [2.45, 2.75) is 38.6 Å². The number of aromatic nitrogens is 1. The second kappa shape index (κ2) is 5.77. The fraction of sp³-hybridized carbons (Fsp3) is 0.692. The van der Waals surface area contributed by atoms with E-state index < -0.39 is 0 Å². The van der Waals surface area contributed by atoms with Crippen molar-refractivity contribution in [1.82, 2.24) is 9.88 Å². The van der Waals surface area contributed by atoms with E-state index in [2.05, 4.69) is 4.98 Å². The molecule has 0 saturated heterocycles. The molecule has 1 fully saturated rings. The summed E-state index contributed by atoms with van der Waals surface area (Å²) in [7, 11) is 3.83. The molecule has 19 heavy (non-hydrogen) atoms. The molecule has 106 valence electrons. The number of carbonyl (C=O) groups excluding carboxylic acids is 1. The molecule has 0 spiro atoms. The molecule has 1 aromatic heterocycles. The van der Waals surface area contributed by atoms with Gasteiger partial charge in [-0.25, -0.2) is 4.98 Å². The molecular weight excluding hydrogens is 260 g/mol. The van der Waals surface area contributed by atoms with Gasteiger partial charge >= 0.3 is 0 Å². The van der Waals surface area contributed by atoms with Gasteiger partial charge in [0, 0.05) is 26.7 Å². The van der Waals surface area contributed by atoms with Gasteiger partial charge < -0.3 is 15.5 Å². The van der Waals surface area contributed by atoms with Gasteiger partial charge in [-0.2, -0.15) is 0 Å². The number of anilines is 2. The largest absolute Gasteiger partial charge is 0.382 e. The number of carbonyl (C=O) groups is 1. The van der Waals surface area contributed by atoms with E-state index in [0.29, 0.717) is 16.7 Å². The van der Waals surface area contributed by atoms with Gasteiger partial charge in [-0.1, -0.05) is 24.2 Å². The van der Waals surface area contributed by atoms with Gasteiger partial charge in [0.15, 0.2) is 5.13 Å². The molecule has 1 aliphatic carbocycles. The Balaban J connectivity index is 2.16. The first kappa shape index (κ1) is 14.1. The van der Waals surface area contributed by atoms with Gasteiger partial charge in [-0.3, -0.25) is 4.79 Å². The second-order valence-corrected chi connectivity index (χ2v) is 6.06. The van der Waals surface area contributed by atoms with Crippen LogP contribution in [0.3, 0.4) is 0 Å². The quantitative estimate of drug-likeness (QED) is 0.919. The molecule has 0 bridgehead atoms. The molecule has 1 amide bonds. The summed E-state index contributed by atoms with van der Waals surface area (Å²) in [6, 6.07) is 0.362. The van der Waals surface area contributed by atoms with Gasteiger partial charge in [-0.15, -0.1) is 0 Å². The minimum absolute atomic E-state index is 0.0117. The minimum atomic E-state index is 0.0117. The Hall–Kier alpha value is -1.30. The molecule has 6 heteroatoms. The molecule has 1 saturated carbocycles. The molecule has 5 nitrogen and oxygen atoms in total. The summed E-state index contributed by atoms with van der Waals surface area (Å²) < 4.78 is 0. The van der Waals surface area contributed by atoms with E-state index in [-0.39, 0.29) is 5.91 Å². The third-order valence-corrected chi connectivity index (χ3v) is 5.00. The Morgan fingerprint density at radius 3 is 2.63 bits per heavy atom. The maximum atomic E-state index is 12.5. The summed E-state index contributed by atoms with van der Waals surface area (Å²) in [5.41, 5.74) is 5.90. The SMILES string of the molecule is CCN(C)c1nc(N)c(C(=O)N(C)C2CCCC2)s1. The van der Waals surface area contributed by atoms with E-state index in [9.17, 15) is 4.79 Å². The number of thiazole rings is 1. The predicted molar refractivity (Wildman–Crippen MR) is 79.8 cm³/mol. The van der Waals surface area contributed by atoms with E-state index in [0.717, 1.165) is 24.5 Å². The van der Waals surface area contributed by atoms with Gasteiger partial charge in [0.25, 0.3) is 5.91 Å². The number of nitrogens with zero attached hydrogens (tertiary/aromatic N) is 3. The summed E-state index contributed by atoms with van der Waals surface area (Å²) in [4.78, 5) is 21.2. The molecule has 1 heterocycles. The number of nitrogens with two attached hydrogens (primary N) is 1. The van der Waals surface area contributed by atoms with Crippen LogP contribution in [-0.4, -0.2) is 42.5 Å². The Bertz CT molecular complexity index is 453. The lowest BCUT2D eigenvalue weighted by Gasteiger charge is -2.23. The summed E-state index contributed by atoms with van der Waals surface area (Å²) >= 11 is 1.39. The third-order valence-electron chi connectivity index (χ3n) is 3.83. The van der Waals surface area contributed by atoms with Gasteiger partial charge in [0.05, 0.1) is 0 Å². The summed E-state index contributed by atoms with van der Waals surface area (Å²) in [6.07, 6.45) is 4.62. The van der Waals surface area contributed by atoms with Crippen molar-refractivity contribution in [3.05, 3.63) is 4.88 Å². The lowest BCUT2D eigenvalue weighted by atomic mass is 10.2. The standard InChI is InChI=1S/C13H22N4OS/c1-4-16(2)13-15-11(14)10(19-13)12(18)17(3)9-7-5-6-8-9/h9H,4-8,14H2,1-3H3. The summed E-state index contributed by atoms with van der Waals surface area (Å²) in [6.45, 7) is 2.89. The fourth-order valence-corrected chi connectivity index (χ4v) is 3.38. The molecule has 0 aromatic carbocycles. The average molecular weight is 282 g/mol. The van der Waals surface area contributed by atoms with Crippen LogP contribution in [0.15, 0.2) is 0 Å². The lowest BCUT2D eigenvalue weighted by Crippen LogP contribution is -2.35. The van der Waals surface area contributed by atoms with E-state index >= 15 is 0 Å². The smallest absolute Gasteiger partial charge is 0.267 e. The molecule has 0 radical (unpaired) electrons. The van der Waals surface area contributed by atoms with E-state index in [1.807, 2.05) is 30.8 Å². The van der Waals surface area contributed by atoms with Crippen molar-refractivity contribution in [1.29, 1.82) is 0 Å². The second-order valence-electron chi connectivity index (χ2n) is 5.08. The van der Waals surface area contributed by atoms with E-state index in [4.69, 9.17) is 5.73 Å². The number of hydrogen-bond acceptors (Lipinski definition) is 5. The average Bonchev–Trinajstić information content (AvgIpc) is 3.05. The molecule has 2 rings (SSSR count). The zero-order valence-electron chi connectivity index (χ0n) is 11.8. The van der Waals surface area contributed by atoms with Crippen LogP contribution < -0.4 is 10.6 Å². The molecule has 0 atom stereocenters. The highest BCUT2D eigenvalue weighted by molar-refractivity contribution is 7.18. The van der Waals surface area contributed by atoms with Gasteiger partial charge in [-0.05, 0) is 19.8 Å². The highest BCUT2D eigenvalue weighted by Crippen LogP contribution is 2.30. The topological polar surface area (TPSA) is 62.5 Å².